The van der Waals surface area contributed by atoms with Crippen molar-refractivity contribution in [1.29, 1.82) is 0 Å². The fourth-order valence-corrected chi connectivity index (χ4v) is 2.92. The van der Waals surface area contributed by atoms with Gasteiger partial charge in [0.15, 0.2) is 11.5 Å². The van der Waals surface area contributed by atoms with E-state index in [1.165, 1.54) is 18.4 Å². The Morgan fingerprint density at radius 1 is 1.19 bits per heavy atom. The molecular weight excluding hydrogens is 324 g/mol. The number of carbonyl (C=O) groups is 1. The number of nitrogens with zero attached hydrogens (tertiary/aromatic N) is 1. The molecule has 1 aromatic carbocycles. The first kappa shape index (κ1) is 20.2. The quantitative estimate of drug-likeness (QED) is 0.671. The molecule has 26 heavy (non-hydrogen) atoms. The molecule has 4 heteroatoms. The van der Waals surface area contributed by atoms with Crippen molar-refractivity contribution in [2.24, 2.45) is 5.92 Å². The Balaban J connectivity index is 1.99. The zero-order chi connectivity index (χ0) is 19.2. The van der Waals surface area contributed by atoms with Crippen molar-refractivity contribution in [1.82, 2.24) is 10.5 Å². The molecule has 0 aliphatic heterocycles. The summed E-state index contributed by atoms with van der Waals surface area (Å²) >= 11 is 0. The lowest BCUT2D eigenvalue weighted by molar-refractivity contribution is 0.0937. The molecule has 0 saturated heterocycles. The Labute approximate surface area is 157 Å². The summed E-state index contributed by atoms with van der Waals surface area (Å²) in [7, 11) is 0. The summed E-state index contributed by atoms with van der Waals surface area (Å²) in [6.07, 6.45) is 4.61. The summed E-state index contributed by atoms with van der Waals surface area (Å²) in [5.74, 6) is 0.977. The molecule has 0 unspecified atom stereocenters. The van der Waals surface area contributed by atoms with Gasteiger partial charge < -0.3 is 9.84 Å². The Morgan fingerprint density at radius 3 is 2.46 bits per heavy atom. The van der Waals surface area contributed by atoms with Crippen molar-refractivity contribution >= 4 is 5.91 Å². The normalized spacial score (nSPS) is 12.8. The molecule has 142 valence electrons. The van der Waals surface area contributed by atoms with Crippen LogP contribution in [0, 0.1) is 5.92 Å². The van der Waals surface area contributed by atoms with E-state index in [0.717, 1.165) is 18.4 Å². The van der Waals surface area contributed by atoms with Crippen molar-refractivity contribution in [2.45, 2.75) is 65.7 Å². The average molecular weight is 357 g/mol. The number of unbranched alkanes of at least 4 members (excludes halogenated alkanes) is 1. The molecule has 0 aliphatic rings. The van der Waals surface area contributed by atoms with Crippen molar-refractivity contribution in [2.75, 3.05) is 6.54 Å². The highest BCUT2D eigenvalue weighted by molar-refractivity contribution is 5.93. The Hall–Kier alpha value is -2.10. The van der Waals surface area contributed by atoms with Gasteiger partial charge in [-0.25, -0.2) is 0 Å². The van der Waals surface area contributed by atoms with Gasteiger partial charge in [-0.05, 0) is 23.3 Å². The number of rotatable bonds is 8. The van der Waals surface area contributed by atoms with Crippen LogP contribution in [0.5, 0.6) is 0 Å². The lowest BCUT2D eigenvalue weighted by Crippen LogP contribution is -2.29. The lowest BCUT2D eigenvalue weighted by Gasteiger charge is -2.18. The van der Waals surface area contributed by atoms with Crippen LogP contribution in [0.2, 0.25) is 0 Å². The van der Waals surface area contributed by atoms with Gasteiger partial charge in [0.1, 0.15) is 0 Å². The Bertz CT molecular complexity index is 696. The summed E-state index contributed by atoms with van der Waals surface area (Å²) in [5, 5.41) is 6.93. The number of aromatic nitrogens is 1. The predicted octanol–water partition coefficient (Wildman–Crippen LogP) is 5.59. The van der Waals surface area contributed by atoms with Gasteiger partial charge in [-0.1, -0.05) is 83.3 Å². The van der Waals surface area contributed by atoms with E-state index < -0.39 is 0 Å². The van der Waals surface area contributed by atoms with Crippen molar-refractivity contribution in [3.63, 3.8) is 0 Å². The van der Waals surface area contributed by atoms with Gasteiger partial charge in [0.25, 0.3) is 5.91 Å². The van der Waals surface area contributed by atoms with Gasteiger partial charge in [0.2, 0.25) is 0 Å². The molecule has 1 heterocycles. The number of hydrogen-bond acceptors (Lipinski definition) is 3. The summed E-state index contributed by atoms with van der Waals surface area (Å²) in [6, 6.07) is 9.93. The molecule has 1 atom stereocenters. The van der Waals surface area contributed by atoms with Gasteiger partial charge in [0, 0.05) is 18.2 Å². The monoisotopic (exact) mass is 356 g/mol. The van der Waals surface area contributed by atoms with E-state index in [1.54, 1.807) is 6.07 Å². The largest absolute Gasteiger partial charge is 0.355 e. The number of nitrogens with one attached hydrogen (secondary N) is 1. The summed E-state index contributed by atoms with van der Waals surface area (Å²) in [4.78, 5) is 12.3. The Kier molecular flexibility index (Phi) is 7.01. The highest BCUT2D eigenvalue weighted by atomic mass is 16.5. The molecule has 1 aromatic heterocycles. The molecule has 1 amide bonds. The van der Waals surface area contributed by atoms with Crippen LogP contribution < -0.4 is 5.32 Å². The summed E-state index contributed by atoms with van der Waals surface area (Å²) < 4.78 is 5.38. The van der Waals surface area contributed by atoms with E-state index in [1.807, 2.05) is 12.1 Å². The van der Waals surface area contributed by atoms with Crippen LogP contribution in [0.25, 0.3) is 11.3 Å². The second kappa shape index (κ2) is 9.02. The zero-order valence-electron chi connectivity index (χ0n) is 16.8. The van der Waals surface area contributed by atoms with Gasteiger partial charge >= 0.3 is 0 Å². The lowest BCUT2D eigenvalue weighted by atomic mass is 9.86. The molecular formula is C22H32N2O2. The SMILES string of the molecule is CCCC[C@H](CC)CNC(=O)c1cc(-c2ccc(C(C)(C)C)cc2)on1. The second-order valence-electron chi connectivity index (χ2n) is 8.03. The number of benzene rings is 1. The molecule has 2 rings (SSSR count). The van der Waals surface area contributed by atoms with Crippen LogP contribution in [0.15, 0.2) is 34.9 Å². The highest BCUT2D eigenvalue weighted by Crippen LogP contribution is 2.26. The van der Waals surface area contributed by atoms with Crippen LogP contribution in [0.3, 0.4) is 0 Å². The number of hydrogen-bond donors (Lipinski definition) is 1. The summed E-state index contributed by atoms with van der Waals surface area (Å²) in [6.45, 7) is 11.6. The number of carbonyl (C=O) groups excluding carboxylic acids is 1. The maximum absolute atomic E-state index is 12.3. The van der Waals surface area contributed by atoms with E-state index in [2.05, 4.69) is 57.2 Å². The standard InChI is InChI=1S/C22H32N2O2/c1-6-8-9-16(7-2)15-23-21(25)19-14-20(26-24-19)17-10-12-18(13-11-17)22(3,4)5/h10-14,16H,6-9,15H2,1-5H3,(H,23,25)/t16-/m0/s1. The van der Waals surface area contributed by atoms with Gasteiger partial charge in [-0.3, -0.25) is 4.79 Å². The van der Waals surface area contributed by atoms with E-state index >= 15 is 0 Å². The van der Waals surface area contributed by atoms with Crippen LogP contribution in [0.1, 0.15) is 76.4 Å². The van der Waals surface area contributed by atoms with Gasteiger partial charge in [-0.2, -0.15) is 0 Å². The predicted molar refractivity (Wildman–Crippen MR) is 106 cm³/mol. The fraction of sp³-hybridized carbons (Fsp3) is 0.545. The first-order valence-corrected chi connectivity index (χ1v) is 9.71. The molecule has 1 N–H and O–H groups in total. The van der Waals surface area contributed by atoms with Gasteiger partial charge in [0.05, 0.1) is 0 Å². The highest BCUT2D eigenvalue weighted by Gasteiger charge is 2.17. The van der Waals surface area contributed by atoms with Crippen molar-refractivity contribution in [3.8, 4) is 11.3 Å². The third-order valence-corrected chi connectivity index (χ3v) is 4.87. The average Bonchev–Trinajstić information content (AvgIpc) is 3.11. The minimum Gasteiger partial charge on any atom is -0.355 e. The molecule has 0 fully saturated rings. The fourth-order valence-electron chi connectivity index (χ4n) is 2.92. The second-order valence-corrected chi connectivity index (χ2v) is 8.03. The third kappa shape index (κ3) is 5.45. The zero-order valence-corrected chi connectivity index (χ0v) is 16.8. The molecule has 0 bridgehead atoms. The van der Waals surface area contributed by atoms with Crippen LogP contribution in [-0.2, 0) is 5.41 Å². The Morgan fingerprint density at radius 2 is 1.88 bits per heavy atom. The minimum atomic E-state index is -0.165. The molecule has 0 spiro atoms. The molecule has 2 aromatic rings. The molecule has 0 aliphatic carbocycles. The topological polar surface area (TPSA) is 55.1 Å². The van der Waals surface area contributed by atoms with Crippen LogP contribution in [0.4, 0.5) is 0 Å². The smallest absolute Gasteiger partial charge is 0.273 e. The molecule has 0 saturated carbocycles. The third-order valence-electron chi connectivity index (χ3n) is 4.87. The van der Waals surface area contributed by atoms with Gasteiger partial charge in [-0.15, -0.1) is 0 Å². The van der Waals surface area contributed by atoms with Crippen LogP contribution >= 0.6 is 0 Å². The van der Waals surface area contributed by atoms with E-state index in [-0.39, 0.29) is 11.3 Å². The first-order chi connectivity index (χ1) is 12.3. The molecule has 4 nitrogen and oxygen atoms in total. The maximum Gasteiger partial charge on any atom is 0.273 e. The van der Waals surface area contributed by atoms with Crippen molar-refractivity contribution < 1.29 is 9.32 Å². The van der Waals surface area contributed by atoms with Crippen molar-refractivity contribution in [3.05, 3.63) is 41.6 Å². The van der Waals surface area contributed by atoms with E-state index in [4.69, 9.17) is 4.52 Å². The first-order valence-electron chi connectivity index (χ1n) is 9.71. The van der Waals surface area contributed by atoms with Crippen LogP contribution in [-0.4, -0.2) is 17.6 Å². The van der Waals surface area contributed by atoms with E-state index in [0.29, 0.717) is 23.9 Å². The summed E-state index contributed by atoms with van der Waals surface area (Å²) in [5.41, 5.74) is 2.64. The molecule has 0 radical (unpaired) electrons. The maximum atomic E-state index is 12.3. The number of amides is 1. The minimum absolute atomic E-state index is 0.110. The van der Waals surface area contributed by atoms with E-state index in [9.17, 15) is 4.79 Å².